The number of hydrogen-bond acceptors (Lipinski definition) is 7. The number of nitrogens with zero attached hydrogens (tertiary/aromatic N) is 1. The van der Waals surface area contributed by atoms with Crippen molar-refractivity contribution in [2.75, 3.05) is 11.4 Å². The molecule has 1 aliphatic rings. The summed E-state index contributed by atoms with van der Waals surface area (Å²) in [4.78, 5) is 58.9. The fourth-order valence-corrected chi connectivity index (χ4v) is 2.70. The summed E-state index contributed by atoms with van der Waals surface area (Å²) >= 11 is 0. The van der Waals surface area contributed by atoms with Gasteiger partial charge in [0.1, 0.15) is 6.04 Å². The monoisotopic (exact) mass is 407 g/mol. The number of ether oxygens (including phenoxy) is 2. The highest BCUT2D eigenvalue weighted by molar-refractivity contribution is 6.21. The number of carboxylic acid groups (broad SMARTS) is 1. The lowest BCUT2D eigenvalue weighted by molar-refractivity contribution is -0.162. The molecular formula is C18H21N3O8. The maximum atomic E-state index is 12.5. The minimum absolute atomic E-state index is 0.0442. The molecule has 0 saturated carbocycles. The van der Waals surface area contributed by atoms with Crippen LogP contribution >= 0.6 is 0 Å². The fraction of sp³-hybridized carbons (Fsp3) is 0.389. The fourth-order valence-electron chi connectivity index (χ4n) is 2.70. The van der Waals surface area contributed by atoms with Gasteiger partial charge in [0.2, 0.25) is 6.29 Å². The number of imide groups is 1. The number of carbonyl (C=O) groups excluding carboxylic acids is 4. The molecule has 0 bridgehead atoms. The van der Waals surface area contributed by atoms with Gasteiger partial charge in [0, 0.05) is 20.4 Å². The largest absolute Gasteiger partial charge is 0.478 e. The van der Waals surface area contributed by atoms with Gasteiger partial charge < -0.3 is 25.2 Å². The van der Waals surface area contributed by atoms with Crippen LogP contribution < -0.4 is 15.5 Å². The third kappa shape index (κ3) is 5.92. The van der Waals surface area contributed by atoms with E-state index in [1.807, 2.05) is 0 Å². The number of aromatic carboxylic acids is 1. The van der Waals surface area contributed by atoms with Crippen LogP contribution in [0.15, 0.2) is 24.3 Å². The topological polar surface area (TPSA) is 151 Å². The van der Waals surface area contributed by atoms with Crippen molar-refractivity contribution in [1.29, 1.82) is 0 Å². The zero-order valence-electron chi connectivity index (χ0n) is 15.8. The standard InChI is InChI=1S/C18H21N3O8/c1-10(22)28-11(2)29-18(27)19-8-4-7-14-15(23)21(17(26)20-14)13-6-3-5-12(9-13)16(24)25/h3,5-6,9,11,14H,4,7-8H2,1-2H3,(H,19,27)(H,20,26)(H,24,25)/t11?,14-/m0/s1. The molecule has 2 rings (SSSR count). The average molecular weight is 407 g/mol. The van der Waals surface area contributed by atoms with Crippen molar-refractivity contribution in [2.24, 2.45) is 0 Å². The van der Waals surface area contributed by atoms with Crippen LogP contribution in [0.2, 0.25) is 0 Å². The summed E-state index contributed by atoms with van der Waals surface area (Å²) < 4.78 is 9.45. The highest BCUT2D eigenvalue weighted by Gasteiger charge is 2.38. The molecule has 1 aromatic rings. The average Bonchev–Trinajstić information content (AvgIpc) is 2.91. The van der Waals surface area contributed by atoms with Crippen molar-refractivity contribution in [2.45, 2.75) is 39.0 Å². The van der Waals surface area contributed by atoms with Crippen molar-refractivity contribution in [3.8, 4) is 0 Å². The molecule has 29 heavy (non-hydrogen) atoms. The number of hydrogen-bond donors (Lipinski definition) is 3. The summed E-state index contributed by atoms with van der Waals surface area (Å²) in [6.45, 7) is 2.74. The lowest BCUT2D eigenvalue weighted by atomic mass is 10.1. The van der Waals surface area contributed by atoms with Gasteiger partial charge in [-0.15, -0.1) is 0 Å². The number of anilines is 1. The van der Waals surface area contributed by atoms with Gasteiger partial charge >= 0.3 is 24.1 Å². The van der Waals surface area contributed by atoms with Crippen molar-refractivity contribution in [3.63, 3.8) is 0 Å². The lowest BCUT2D eigenvalue weighted by Gasteiger charge is -2.14. The second kappa shape index (κ2) is 9.53. The first kappa shape index (κ1) is 21.7. The zero-order chi connectivity index (χ0) is 21.6. The molecule has 1 fully saturated rings. The second-order valence-electron chi connectivity index (χ2n) is 6.18. The molecule has 0 spiro atoms. The molecule has 11 heteroatoms. The van der Waals surface area contributed by atoms with E-state index >= 15 is 0 Å². The number of carboxylic acids is 1. The van der Waals surface area contributed by atoms with Gasteiger partial charge in [-0.1, -0.05) is 6.07 Å². The van der Waals surface area contributed by atoms with Crippen molar-refractivity contribution in [3.05, 3.63) is 29.8 Å². The Morgan fingerprint density at radius 2 is 2.00 bits per heavy atom. The number of urea groups is 1. The molecule has 1 heterocycles. The molecule has 2 atom stereocenters. The molecule has 4 amide bonds. The van der Waals surface area contributed by atoms with Gasteiger partial charge in [0.15, 0.2) is 0 Å². The smallest absolute Gasteiger partial charge is 0.410 e. The molecule has 1 aliphatic heterocycles. The maximum Gasteiger partial charge on any atom is 0.410 e. The van der Waals surface area contributed by atoms with E-state index in [1.165, 1.54) is 38.1 Å². The first-order chi connectivity index (χ1) is 13.7. The van der Waals surface area contributed by atoms with E-state index in [0.29, 0.717) is 6.42 Å². The summed E-state index contributed by atoms with van der Waals surface area (Å²) in [6, 6.07) is 4.06. The Balaban J connectivity index is 1.83. The normalized spacial score (nSPS) is 16.8. The first-order valence-electron chi connectivity index (χ1n) is 8.78. The minimum Gasteiger partial charge on any atom is -0.478 e. The van der Waals surface area contributed by atoms with Crippen molar-refractivity contribution in [1.82, 2.24) is 10.6 Å². The van der Waals surface area contributed by atoms with Crippen LogP contribution in [-0.4, -0.2) is 54.0 Å². The van der Waals surface area contributed by atoms with E-state index in [-0.39, 0.29) is 24.2 Å². The Bertz CT molecular complexity index is 825. The Labute approximate surface area is 165 Å². The van der Waals surface area contributed by atoms with Crippen LogP contribution in [0, 0.1) is 0 Å². The molecule has 1 saturated heterocycles. The quantitative estimate of drug-likeness (QED) is 0.252. The van der Waals surface area contributed by atoms with E-state index in [9.17, 15) is 24.0 Å². The molecular weight excluding hydrogens is 386 g/mol. The summed E-state index contributed by atoms with van der Waals surface area (Å²) in [5.41, 5.74) is 0.119. The minimum atomic E-state index is -1.17. The Morgan fingerprint density at radius 1 is 1.28 bits per heavy atom. The Morgan fingerprint density at radius 3 is 2.66 bits per heavy atom. The maximum absolute atomic E-state index is 12.5. The summed E-state index contributed by atoms with van der Waals surface area (Å²) in [7, 11) is 0. The van der Waals surface area contributed by atoms with Crippen LogP contribution in [-0.2, 0) is 19.1 Å². The SMILES string of the molecule is CC(=O)OC(C)OC(=O)NCCC[C@@H]1NC(=O)N(c2cccc(C(=O)O)c2)C1=O. The summed E-state index contributed by atoms with van der Waals surface area (Å²) in [6.07, 6.45) is -1.21. The van der Waals surface area contributed by atoms with E-state index in [4.69, 9.17) is 9.84 Å². The molecule has 11 nitrogen and oxygen atoms in total. The van der Waals surface area contributed by atoms with Gasteiger partial charge in [-0.05, 0) is 31.0 Å². The lowest BCUT2D eigenvalue weighted by Crippen LogP contribution is -2.33. The predicted molar refractivity (Wildman–Crippen MR) is 98.2 cm³/mol. The highest BCUT2D eigenvalue weighted by Crippen LogP contribution is 2.22. The van der Waals surface area contributed by atoms with Crippen molar-refractivity contribution >= 4 is 35.7 Å². The van der Waals surface area contributed by atoms with E-state index < -0.39 is 42.3 Å². The van der Waals surface area contributed by atoms with E-state index in [1.54, 1.807) is 0 Å². The third-order valence-corrected chi connectivity index (χ3v) is 3.91. The number of alkyl carbamates (subject to hydrolysis) is 1. The van der Waals surface area contributed by atoms with Crippen molar-refractivity contribution < 1.29 is 38.6 Å². The van der Waals surface area contributed by atoms with Crippen LogP contribution in [0.1, 0.15) is 37.0 Å². The number of carbonyl (C=O) groups is 5. The number of benzene rings is 1. The van der Waals surface area contributed by atoms with E-state index in [0.717, 1.165) is 4.90 Å². The summed E-state index contributed by atoms with van der Waals surface area (Å²) in [5.74, 6) is -2.26. The van der Waals surface area contributed by atoms with Crippen LogP contribution in [0.25, 0.3) is 0 Å². The Kier molecular flexibility index (Phi) is 7.12. The predicted octanol–water partition coefficient (Wildman–Crippen LogP) is 1.23. The zero-order valence-corrected chi connectivity index (χ0v) is 15.8. The van der Waals surface area contributed by atoms with Crippen LogP contribution in [0.4, 0.5) is 15.3 Å². The Hall–Kier alpha value is -3.63. The van der Waals surface area contributed by atoms with Gasteiger partial charge in [-0.25, -0.2) is 19.3 Å². The molecule has 156 valence electrons. The van der Waals surface area contributed by atoms with E-state index in [2.05, 4.69) is 15.4 Å². The number of amides is 4. The first-order valence-corrected chi connectivity index (χ1v) is 8.78. The number of nitrogens with one attached hydrogen (secondary N) is 2. The molecule has 1 unspecified atom stereocenters. The third-order valence-electron chi connectivity index (χ3n) is 3.91. The molecule has 0 aliphatic carbocycles. The second-order valence-corrected chi connectivity index (χ2v) is 6.18. The summed E-state index contributed by atoms with van der Waals surface area (Å²) in [5, 5.41) is 14.0. The van der Waals surface area contributed by atoms with Gasteiger partial charge in [0.05, 0.1) is 11.3 Å². The van der Waals surface area contributed by atoms with Gasteiger partial charge in [-0.2, -0.15) is 0 Å². The van der Waals surface area contributed by atoms with Gasteiger partial charge in [-0.3, -0.25) is 9.59 Å². The van der Waals surface area contributed by atoms with Crippen LogP contribution in [0.3, 0.4) is 0 Å². The highest BCUT2D eigenvalue weighted by atomic mass is 16.7. The molecule has 0 aromatic heterocycles. The van der Waals surface area contributed by atoms with Gasteiger partial charge in [0.25, 0.3) is 5.91 Å². The molecule has 1 aromatic carbocycles. The number of esters is 1. The van der Waals surface area contributed by atoms with Crippen LogP contribution in [0.5, 0.6) is 0 Å². The number of rotatable bonds is 8. The molecule has 3 N–H and O–H groups in total. The molecule has 0 radical (unpaired) electrons.